The molecule has 0 spiro atoms. The average molecular weight is 426 g/mol. The lowest BCUT2D eigenvalue weighted by Gasteiger charge is -2.43. The van der Waals surface area contributed by atoms with Gasteiger partial charge in [0, 0.05) is 13.8 Å². The second-order valence-electron chi connectivity index (χ2n) is 6.76. The summed E-state index contributed by atoms with van der Waals surface area (Å²) < 4.78 is 25.7. The molecule has 2 rings (SSSR count). The molecule has 2 saturated heterocycles. The fourth-order valence-electron chi connectivity index (χ4n) is 3.13. The van der Waals surface area contributed by atoms with Crippen molar-refractivity contribution in [2.24, 2.45) is 0 Å². The van der Waals surface area contributed by atoms with Crippen molar-refractivity contribution in [1.82, 2.24) is 0 Å². The van der Waals surface area contributed by atoms with Gasteiger partial charge in [0.25, 0.3) is 0 Å². The third kappa shape index (κ3) is 5.02. The standard InChI is InChI=1S/C16H26O13/c1-6(19)25-4-9-10(21)11(22)12(23)15(27-9)29-16(5-18)14(24)13(26-7(2)20)8(3-17)28-16/h8-15,17-18,21-24H,3-5H2,1-2H3/t8-,9-,10-,11+,12-,13-,14+,15-,16+/m1/s1. The molecule has 0 radical (unpaired) electrons. The average Bonchev–Trinajstić information content (AvgIpc) is 2.92. The van der Waals surface area contributed by atoms with Crippen LogP contribution in [0.4, 0.5) is 0 Å². The molecule has 2 aliphatic heterocycles. The fourth-order valence-corrected chi connectivity index (χ4v) is 3.13. The third-order valence-electron chi connectivity index (χ3n) is 4.62. The van der Waals surface area contributed by atoms with Crippen LogP contribution in [-0.2, 0) is 33.3 Å². The summed E-state index contributed by atoms with van der Waals surface area (Å²) in [5, 5.41) is 59.9. The number of carbonyl (C=O) groups excluding carboxylic acids is 2. The lowest BCUT2D eigenvalue weighted by atomic mass is 9.99. The summed E-state index contributed by atoms with van der Waals surface area (Å²) in [6.07, 6.45) is -12.8. The quantitative estimate of drug-likeness (QED) is 0.214. The maximum absolute atomic E-state index is 11.3. The Morgan fingerprint density at radius 1 is 0.966 bits per heavy atom. The first-order chi connectivity index (χ1) is 13.6. The molecule has 0 saturated carbocycles. The topological polar surface area (TPSA) is 202 Å². The molecule has 13 nitrogen and oxygen atoms in total. The van der Waals surface area contributed by atoms with Gasteiger partial charge in [0.05, 0.1) is 6.61 Å². The Labute approximate surface area is 165 Å². The van der Waals surface area contributed by atoms with Crippen LogP contribution >= 0.6 is 0 Å². The second-order valence-corrected chi connectivity index (χ2v) is 6.76. The Morgan fingerprint density at radius 3 is 2.14 bits per heavy atom. The van der Waals surface area contributed by atoms with Gasteiger partial charge in [-0.25, -0.2) is 0 Å². The van der Waals surface area contributed by atoms with Crippen molar-refractivity contribution in [3.05, 3.63) is 0 Å². The van der Waals surface area contributed by atoms with Gasteiger partial charge in [-0.2, -0.15) is 0 Å². The molecule has 29 heavy (non-hydrogen) atoms. The highest BCUT2D eigenvalue weighted by Gasteiger charge is 2.60. The van der Waals surface area contributed by atoms with Crippen LogP contribution in [0.25, 0.3) is 0 Å². The highest BCUT2D eigenvalue weighted by atomic mass is 16.8. The van der Waals surface area contributed by atoms with Gasteiger partial charge in [-0.05, 0) is 0 Å². The lowest BCUT2D eigenvalue weighted by molar-refractivity contribution is -0.383. The monoisotopic (exact) mass is 426 g/mol. The predicted molar refractivity (Wildman–Crippen MR) is 87.7 cm³/mol. The minimum atomic E-state index is -2.30. The first kappa shape index (κ1) is 23.9. The number of rotatable bonds is 7. The normalized spacial score (nSPS) is 42.5. The smallest absolute Gasteiger partial charge is 0.303 e. The summed E-state index contributed by atoms with van der Waals surface area (Å²) in [6.45, 7) is -0.0215. The molecule has 0 amide bonds. The van der Waals surface area contributed by atoms with Gasteiger partial charge in [-0.1, -0.05) is 0 Å². The van der Waals surface area contributed by atoms with E-state index in [4.69, 9.17) is 23.7 Å². The summed E-state index contributed by atoms with van der Waals surface area (Å²) in [6, 6.07) is 0. The Morgan fingerprint density at radius 2 is 1.62 bits per heavy atom. The van der Waals surface area contributed by atoms with Crippen LogP contribution in [0.2, 0.25) is 0 Å². The Balaban J connectivity index is 2.21. The van der Waals surface area contributed by atoms with E-state index in [1.54, 1.807) is 0 Å². The van der Waals surface area contributed by atoms with Crippen LogP contribution in [-0.4, -0.2) is 117 Å². The third-order valence-corrected chi connectivity index (χ3v) is 4.62. The first-order valence-corrected chi connectivity index (χ1v) is 8.82. The van der Waals surface area contributed by atoms with Crippen molar-refractivity contribution in [3.63, 3.8) is 0 Å². The molecule has 9 atom stereocenters. The van der Waals surface area contributed by atoms with E-state index in [-0.39, 0.29) is 0 Å². The van der Waals surface area contributed by atoms with Crippen LogP contribution < -0.4 is 0 Å². The molecule has 0 aromatic rings. The minimum absolute atomic E-state index is 0.481. The molecular formula is C16H26O13. The Bertz CT molecular complexity index is 585. The number of hydrogen-bond acceptors (Lipinski definition) is 13. The van der Waals surface area contributed by atoms with Gasteiger partial charge < -0.3 is 54.3 Å². The minimum Gasteiger partial charge on any atom is -0.463 e. The molecule has 6 N–H and O–H groups in total. The van der Waals surface area contributed by atoms with Crippen LogP contribution in [0.3, 0.4) is 0 Å². The molecule has 2 aliphatic rings. The van der Waals surface area contributed by atoms with Crippen molar-refractivity contribution < 1.29 is 63.9 Å². The molecule has 2 fully saturated rings. The summed E-state index contributed by atoms with van der Waals surface area (Å²) in [7, 11) is 0. The molecule has 0 unspecified atom stereocenters. The van der Waals surface area contributed by atoms with E-state index in [1.807, 2.05) is 0 Å². The number of carbonyl (C=O) groups is 2. The van der Waals surface area contributed by atoms with Crippen LogP contribution in [0, 0.1) is 0 Å². The van der Waals surface area contributed by atoms with Crippen molar-refractivity contribution >= 4 is 11.9 Å². The molecule has 2 heterocycles. The zero-order chi connectivity index (χ0) is 21.9. The first-order valence-electron chi connectivity index (χ1n) is 8.82. The van der Waals surface area contributed by atoms with Crippen molar-refractivity contribution in [2.45, 2.75) is 68.7 Å². The number of esters is 2. The van der Waals surface area contributed by atoms with E-state index in [9.17, 15) is 40.2 Å². The fraction of sp³-hybridized carbons (Fsp3) is 0.875. The van der Waals surface area contributed by atoms with E-state index in [0.29, 0.717) is 0 Å². The zero-order valence-corrected chi connectivity index (χ0v) is 15.8. The van der Waals surface area contributed by atoms with Crippen molar-refractivity contribution in [3.8, 4) is 0 Å². The van der Waals surface area contributed by atoms with Crippen LogP contribution in [0.15, 0.2) is 0 Å². The summed E-state index contributed by atoms with van der Waals surface area (Å²) in [4.78, 5) is 22.2. The van der Waals surface area contributed by atoms with Gasteiger partial charge in [0.1, 0.15) is 49.8 Å². The van der Waals surface area contributed by atoms with Gasteiger partial charge in [0.2, 0.25) is 5.79 Å². The molecule has 0 aliphatic carbocycles. The SMILES string of the molecule is CC(=O)OC[C@H]1O[C@H](O[C@]2(CO)O[C@H](CO)[C@@H](OC(C)=O)[C@@H]2O)[C@H](O)[C@@H](O)[C@@H]1O. The molecule has 168 valence electrons. The van der Waals surface area contributed by atoms with Gasteiger partial charge in [-0.3, -0.25) is 9.59 Å². The number of hydrogen-bond donors (Lipinski definition) is 6. The highest BCUT2D eigenvalue weighted by Crippen LogP contribution is 2.37. The Hall–Kier alpha value is -1.42. The molecule has 0 aromatic carbocycles. The maximum Gasteiger partial charge on any atom is 0.303 e. The van der Waals surface area contributed by atoms with Crippen LogP contribution in [0.1, 0.15) is 13.8 Å². The predicted octanol–water partition coefficient (Wildman–Crippen LogP) is -4.25. The van der Waals surface area contributed by atoms with E-state index in [2.05, 4.69) is 0 Å². The highest BCUT2D eigenvalue weighted by molar-refractivity contribution is 5.66. The van der Waals surface area contributed by atoms with E-state index < -0.39 is 86.6 Å². The number of ether oxygens (including phenoxy) is 5. The summed E-state index contributed by atoms with van der Waals surface area (Å²) in [5.74, 6) is -3.78. The van der Waals surface area contributed by atoms with Gasteiger partial charge in [0.15, 0.2) is 12.4 Å². The largest absolute Gasteiger partial charge is 0.463 e. The van der Waals surface area contributed by atoms with Crippen molar-refractivity contribution in [1.29, 1.82) is 0 Å². The van der Waals surface area contributed by atoms with E-state index >= 15 is 0 Å². The summed E-state index contributed by atoms with van der Waals surface area (Å²) in [5.41, 5.74) is 0. The molecule has 0 bridgehead atoms. The molecule has 0 aromatic heterocycles. The zero-order valence-electron chi connectivity index (χ0n) is 15.8. The second kappa shape index (κ2) is 9.59. The molecular weight excluding hydrogens is 400 g/mol. The Kier molecular flexibility index (Phi) is 7.89. The maximum atomic E-state index is 11.3. The molecule has 13 heteroatoms. The lowest BCUT2D eigenvalue weighted by Crippen LogP contribution is -2.63. The van der Waals surface area contributed by atoms with Gasteiger partial charge >= 0.3 is 11.9 Å². The number of aliphatic hydroxyl groups is 6. The van der Waals surface area contributed by atoms with E-state index in [1.165, 1.54) is 0 Å². The van der Waals surface area contributed by atoms with E-state index in [0.717, 1.165) is 13.8 Å². The number of aliphatic hydroxyl groups excluding tert-OH is 6. The van der Waals surface area contributed by atoms with Gasteiger partial charge in [-0.15, -0.1) is 0 Å². The summed E-state index contributed by atoms with van der Waals surface area (Å²) >= 11 is 0. The van der Waals surface area contributed by atoms with Crippen molar-refractivity contribution in [2.75, 3.05) is 19.8 Å². The van der Waals surface area contributed by atoms with Crippen LogP contribution in [0.5, 0.6) is 0 Å².